The number of fused-ring (bicyclic) bond motifs is 1. The zero-order valence-electron chi connectivity index (χ0n) is 14.8. The summed E-state index contributed by atoms with van der Waals surface area (Å²) in [6, 6.07) is 1.01. The van der Waals surface area contributed by atoms with Crippen molar-refractivity contribution in [2.45, 2.75) is 56.9 Å². The Morgan fingerprint density at radius 3 is 2.89 bits per heavy atom. The minimum Gasteiger partial charge on any atom is -0.367 e. The van der Waals surface area contributed by atoms with Gasteiger partial charge in [0.05, 0.1) is 11.7 Å². The number of carbonyl (C=O) groups excluding carboxylic acids is 1. The lowest BCUT2D eigenvalue weighted by molar-refractivity contribution is -0.173. The van der Waals surface area contributed by atoms with Gasteiger partial charge in [-0.1, -0.05) is 6.92 Å². The van der Waals surface area contributed by atoms with Crippen LogP contribution in [0.3, 0.4) is 0 Å². The van der Waals surface area contributed by atoms with Gasteiger partial charge >= 0.3 is 6.18 Å². The van der Waals surface area contributed by atoms with Gasteiger partial charge in [-0.2, -0.15) is 23.4 Å². The van der Waals surface area contributed by atoms with Crippen molar-refractivity contribution >= 4 is 11.7 Å². The van der Waals surface area contributed by atoms with Gasteiger partial charge in [0, 0.05) is 24.8 Å². The van der Waals surface area contributed by atoms with Crippen molar-refractivity contribution in [3.05, 3.63) is 29.7 Å². The summed E-state index contributed by atoms with van der Waals surface area (Å²) in [5, 5.41) is 13.9. The van der Waals surface area contributed by atoms with Crippen molar-refractivity contribution in [2.24, 2.45) is 0 Å². The molecule has 1 fully saturated rings. The molecule has 2 aliphatic rings. The zero-order chi connectivity index (χ0) is 19.2. The van der Waals surface area contributed by atoms with Crippen LogP contribution in [0.4, 0.5) is 19.0 Å². The quantitative estimate of drug-likeness (QED) is 0.854. The molecule has 0 bridgehead atoms. The molecule has 2 N–H and O–H groups in total. The molecule has 10 heteroatoms. The number of hydrogen-bond acceptors (Lipinski definition) is 4. The SMILES string of the molecule is CC[C@@H]1C[C@H](C(F)(F)F)n2nc([C@@H]3CCCN3C(=O)c3ccn[nH]3)cc2N1. The predicted octanol–water partition coefficient (Wildman–Crippen LogP) is 3.28. The van der Waals surface area contributed by atoms with Crippen LogP contribution in [0.15, 0.2) is 18.3 Å². The predicted molar refractivity (Wildman–Crippen MR) is 91.2 cm³/mol. The lowest BCUT2D eigenvalue weighted by atomic mass is 10.0. The van der Waals surface area contributed by atoms with E-state index in [-0.39, 0.29) is 24.4 Å². The molecule has 7 nitrogen and oxygen atoms in total. The van der Waals surface area contributed by atoms with E-state index in [0.717, 1.165) is 11.1 Å². The van der Waals surface area contributed by atoms with Crippen LogP contribution in [-0.4, -0.2) is 49.5 Å². The first-order chi connectivity index (χ1) is 12.9. The number of likely N-dealkylation sites (tertiary alicyclic amines) is 1. The number of halogens is 3. The zero-order valence-corrected chi connectivity index (χ0v) is 14.8. The third-order valence-corrected chi connectivity index (χ3v) is 5.37. The Labute approximate surface area is 153 Å². The van der Waals surface area contributed by atoms with Crippen LogP contribution in [-0.2, 0) is 0 Å². The highest BCUT2D eigenvalue weighted by Crippen LogP contribution is 2.42. The van der Waals surface area contributed by atoms with Crippen molar-refractivity contribution in [2.75, 3.05) is 11.9 Å². The molecule has 4 heterocycles. The van der Waals surface area contributed by atoms with E-state index in [1.807, 2.05) is 6.92 Å². The van der Waals surface area contributed by atoms with E-state index in [1.54, 1.807) is 17.0 Å². The van der Waals surface area contributed by atoms with Gasteiger partial charge < -0.3 is 10.2 Å². The maximum Gasteiger partial charge on any atom is 0.410 e. The van der Waals surface area contributed by atoms with Crippen LogP contribution in [0.5, 0.6) is 0 Å². The van der Waals surface area contributed by atoms with Crippen molar-refractivity contribution in [1.82, 2.24) is 24.9 Å². The van der Waals surface area contributed by atoms with Gasteiger partial charge in [-0.25, -0.2) is 4.68 Å². The Balaban J connectivity index is 1.65. The maximum atomic E-state index is 13.5. The van der Waals surface area contributed by atoms with Crippen molar-refractivity contribution < 1.29 is 18.0 Å². The summed E-state index contributed by atoms with van der Waals surface area (Å²) in [5.41, 5.74) is 0.858. The van der Waals surface area contributed by atoms with Crippen LogP contribution in [0.25, 0.3) is 0 Å². The summed E-state index contributed by atoms with van der Waals surface area (Å²) in [6.45, 7) is 2.40. The maximum absolute atomic E-state index is 13.5. The number of amides is 1. The second-order valence-electron chi connectivity index (χ2n) is 7.07. The normalized spacial score (nSPS) is 25.3. The highest BCUT2D eigenvalue weighted by atomic mass is 19.4. The average molecular weight is 382 g/mol. The number of carbonyl (C=O) groups is 1. The van der Waals surface area contributed by atoms with Crippen molar-refractivity contribution in [3.63, 3.8) is 0 Å². The number of nitrogens with zero attached hydrogens (tertiary/aromatic N) is 4. The smallest absolute Gasteiger partial charge is 0.367 e. The number of alkyl halides is 3. The third-order valence-electron chi connectivity index (χ3n) is 5.37. The fraction of sp³-hybridized carbons (Fsp3) is 0.588. The molecule has 4 rings (SSSR count). The van der Waals surface area contributed by atoms with Gasteiger partial charge in [0.15, 0.2) is 6.04 Å². The molecule has 2 aromatic heterocycles. The van der Waals surface area contributed by atoms with E-state index in [2.05, 4.69) is 20.6 Å². The van der Waals surface area contributed by atoms with Gasteiger partial charge in [-0.05, 0) is 31.7 Å². The molecule has 146 valence electrons. The second kappa shape index (κ2) is 6.58. The monoisotopic (exact) mass is 382 g/mol. The second-order valence-corrected chi connectivity index (χ2v) is 7.07. The topological polar surface area (TPSA) is 78.8 Å². The number of aromatic amines is 1. The number of hydrogen-bond donors (Lipinski definition) is 2. The molecular formula is C17H21F3N6O. The molecule has 2 aliphatic heterocycles. The molecule has 1 saturated heterocycles. The Morgan fingerprint density at radius 1 is 1.41 bits per heavy atom. The van der Waals surface area contributed by atoms with Crippen LogP contribution in [0, 0.1) is 0 Å². The summed E-state index contributed by atoms with van der Waals surface area (Å²) in [6.07, 6.45) is -0.869. The van der Waals surface area contributed by atoms with Gasteiger partial charge in [0.2, 0.25) is 0 Å². The summed E-state index contributed by atoms with van der Waals surface area (Å²) < 4.78 is 41.7. The molecular weight excluding hydrogens is 361 g/mol. The molecule has 0 saturated carbocycles. The van der Waals surface area contributed by atoms with Crippen LogP contribution >= 0.6 is 0 Å². The van der Waals surface area contributed by atoms with Gasteiger partial charge in [0.1, 0.15) is 11.5 Å². The molecule has 0 aromatic carbocycles. The van der Waals surface area contributed by atoms with Gasteiger partial charge in [-0.3, -0.25) is 9.89 Å². The van der Waals surface area contributed by atoms with Crippen LogP contribution < -0.4 is 5.32 Å². The number of rotatable bonds is 3. The summed E-state index contributed by atoms with van der Waals surface area (Å²) in [5.74, 6) is 0.152. The largest absolute Gasteiger partial charge is 0.410 e. The Morgan fingerprint density at radius 2 is 2.22 bits per heavy atom. The van der Waals surface area contributed by atoms with Crippen molar-refractivity contribution in [1.29, 1.82) is 0 Å². The number of aromatic nitrogens is 4. The Bertz CT molecular complexity index is 815. The van der Waals surface area contributed by atoms with E-state index in [9.17, 15) is 18.0 Å². The number of anilines is 1. The van der Waals surface area contributed by atoms with E-state index >= 15 is 0 Å². The fourth-order valence-corrected chi connectivity index (χ4v) is 3.95. The van der Waals surface area contributed by atoms with E-state index in [0.29, 0.717) is 36.6 Å². The standard InChI is InChI=1S/C17H21F3N6O/c1-2-10-8-14(17(18,19)20)26-15(22-10)9-12(24-26)13-4-3-7-25(13)16(27)11-5-6-21-23-11/h5-6,9-10,13-14,22H,2-4,7-8H2,1H3,(H,21,23)/t10-,13+,14-/m1/s1. The van der Waals surface area contributed by atoms with Crippen LogP contribution in [0.1, 0.15) is 60.9 Å². The van der Waals surface area contributed by atoms with Gasteiger partial charge in [0.25, 0.3) is 5.91 Å². The Kier molecular flexibility index (Phi) is 4.35. The number of H-pyrrole nitrogens is 1. The van der Waals surface area contributed by atoms with E-state index < -0.39 is 12.2 Å². The first-order valence-electron chi connectivity index (χ1n) is 9.11. The molecule has 3 atom stereocenters. The molecule has 0 aliphatic carbocycles. The van der Waals surface area contributed by atoms with E-state index in [1.165, 1.54) is 6.20 Å². The summed E-state index contributed by atoms with van der Waals surface area (Å²) in [7, 11) is 0. The lowest BCUT2D eigenvalue weighted by Gasteiger charge is -2.32. The highest BCUT2D eigenvalue weighted by molar-refractivity contribution is 5.92. The molecule has 2 aromatic rings. The molecule has 0 spiro atoms. The lowest BCUT2D eigenvalue weighted by Crippen LogP contribution is -2.39. The number of nitrogens with one attached hydrogen (secondary N) is 2. The van der Waals surface area contributed by atoms with Crippen LogP contribution in [0.2, 0.25) is 0 Å². The summed E-state index contributed by atoms with van der Waals surface area (Å²) >= 11 is 0. The molecule has 0 unspecified atom stereocenters. The van der Waals surface area contributed by atoms with Crippen molar-refractivity contribution in [3.8, 4) is 0 Å². The van der Waals surface area contributed by atoms with Gasteiger partial charge in [-0.15, -0.1) is 0 Å². The first-order valence-corrected chi connectivity index (χ1v) is 9.11. The first kappa shape index (κ1) is 17.9. The molecule has 27 heavy (non-hydrogen) atoms. The summed E-state index contributed by atoms with van der Waals surface area (Å²) in [4.78, 5) is 14.3. The molecule has 1 amide bonds. The molecule has 0 radical (unpaired) electrons. The minimum atomic E-state index is -4.37. The third kappa shape index (κ3) is 3.17. The van der Waals surface area contributed by atoms with E-state index in [4.69, 9.17) is 0 Å². The minimum absolute atomic E-state index is 0.0461. The highest BCUT2D eigenvalue weighted by Gasteiger charge is 2.46. The average Bonchev–Trinajstić information content (AvgIpc) is 3.38. The Hall–Kier alpha value is -2.52. The fourth-order valence-electron chi connectivity index (χ4n) is 3.95.